The lowest BCUT2D eigenvalue weighted by molar-refractivity contribution is 0.0699. The molecule has 4 nitrogen and oxygen atoms in total. The summed E-state index contributed by atoms with van der Waals surface area (Å²) in [4.78, 5) is 9.21. The molecule has 2 aliphatic rings. The molecule has 1 saturated heterocycles. The van der Waals surface area contributed by atoms with Gasteiger partial charge >= 0.3 is 0 Å². The zero-order valence-corrected chi connectivity index (χ0v) is 14.1. The number of nitrogens with one attached hydrogen (secondary N) is 1. The van der Waals surface area contributed by atoms with Crippen LogP contribution in [0.2, 0.25) is 0 Å². The second-order valence-electron chi connectivity index (χ2n) is 6.70. The molecule has 1 aromatic carbocycles. The largest absolute Gasteiger partial charge is 0.381 e. The first-order valence-electron chi connectivity index (χ1n) is 8.74. The van der Waals surface area contributed by atoms with E-state index in [0.29, 0.717) is 5.92 Å². The Kier molecular flexibility index (Phi) is 4.30. The zero-order chi connectivity index (χ0) is 16.4. The van der Waals surface area contributed by atoms with Crippen molar-refractivity contribution in [1.82, 2.24) is 9.97 Å². The van der Waals surface area contributed by atoms with Crippen LogP contribution in [0.15, 0.2) is 30.5 Å². The van der Waals surface area contributed by atoms with Gasteiger partial charge in [0, 0.05) is 37.9 Å². The third kappa shape index (κ3) is 3.20. The highest BCUT2D eigenvalue weighted by molar-refractivity contribution is 5.88. The number of nitrogens with zero attached hydrogens (tertiary/aromatic N) is 2. The Labute approximate surface area is 143 Å². The van der Waals surface area contributed by atoms with Crippen LogP contribution in [0.25, 0.3) is 11.6 Å². The molecule has 0 unspecified atom stereocenters. The summed E-state index contributed by atoms with van der Waals surface area (Å²) in [6.07, 6.45) is 7.33. The Bertz CT molecular complexity index is 763. The van der Waals surface area contributed by atoms with Crippen molar-refractivity contribution >= 4 is 17.6 Å². The molecule has 1 aliphatic carbocycles. The average Bonchev–Trinajstić information content (AvgIpc) is 3.04. The summed E-state index contributed by atoms with van der Waals surface area (Å²) in [5.74, 6) is 1.40. The Morgan fingerprint density at radius 1 is 1.21 bits per heavy atom. The number of ether oxygens (including phenoxy) is 1. The van der Waals surface area contributed by atoms with Gasteiger partial charge in [-0.25, -0.2) is 9.97 Å². The minimum absolute atomic E-state index is 0.661. The maximum atomic E-state index is 5.41. The molecular formula is C20H23N3O. The van der Waals surface area contributed by atoms with E-state index in [4.69, 9.17) is 9.72 Å². The number of fused-ring (bicyclic) bond motifs is 1. The van der Waals surface area contributed by atoms with Crippen LogP contribution in [-0.4, -0.2) is 29.7 Å². The summed E-state index contributed by atoms with van der Waals surface area (Å²) in [6.45, 7) is 4.84. The molecule has 4 heteroatoms. The maximum absolute atomic E-state index is 5.41. The van der Waals surface area contributed by atoms with E-state index < -0.39 is 0 Å². The fourth-order valence-electron chi connectivity index (χ4n) is 3.48. The van der Waals surface area contributed by atoms with Crippen LogP contribution in [0.3, 0.4) is 0 Å². The van der Waals surface area contributed by atoms with E-state index in [-0.39, 0.29) is 0 Å². The monoisotopic (exact) mass is 321 g/mol. The maximum Gasteiger partial charge on any atom is 0.223 e. The molecule has 1 aromatic heterocycles. The molecule has 0 spiro atoms. The predicted octanol–water partition coefficient (Wildman–Crippen LogP) is 3.72. The molecule has 0 amide bonds. The van der Waals surface area contributed by atoms with E-state index in [1.807, 2.05) is 6.20 Å². The Balaban J connectivity index is 1.48. The number of rotatable bonds is 4. The molecule has 1 fully saturated rings. The van der Waals surface area contributed by atoms with Gasteiger partial charge < -0.3 is 10.1 Å². The molecule has 2 heterocycles. The van der Waals surface area contributed by atoms with Crippen molar-refractivity contribution in [3.8, 4) is 0 Å². The summed E-state index contributed by atoms with van der Waals surface area (Å²) in [5.41, 5.74) is 6.22. The van der Waals surface area contributed by atoms with Gasteiger partial charge in [-0.05, 0) is 48.5 Å². The number of hydrogen-bond donors (Lipinski definition) is 1. The van der Waals surface area contributed by atoms with Crippen molar-refractivity contribution in [2.75, 3.05) is 25.1 Å². The van der Waals surface area contributed by atoms with Gasteiger partial charge in [-0.3, -0.25) is 0 Å². The lowest BCUT2D eigenvalue weighted by atomic mass is 9.99. The normalized spacial score (nSPS) is 17.5. The Morgan fingerprint density at radius 3 is 2.88 bits per heavy atom. The van der Waals surface area contributed by atoms with Crippen molar-refractivity contribution in [2.45, 2.75) is 26.2 Å². The van der Waals surface area contributed by atoms with Crippen molar-refractivity contribution in [1.29, 1.82) is 0 Å². The van der Waals surface area contributed by atoms with E-state index in [1.165, 1.54) is 22.3 Å². The molecule has 2 aromatic rings. The van der Waals surface area contributed by atoms with Gasteiger partial charge in [0.1, 0.15) is 0 Å². The molecule has 124 valence electrons. The molecular weight excluding hydrogens is 298 g/mol. The molecule has 24 heavy (non-hydrogen) atoms. The second kappa shape index (κ2) is 6.73. The number of aromatic nitrogens is 2. The van der Waals surface area contributed by atoms with Gasteiger partial charge in [0.05, 0.1) is 5.69 Å². The van der Waals surface area contributed by atoms with Crippen molar-refractivity contribution in [3.63, 3.8) is 0 Å². The smallest absolute Gasteiger partial charge is 0.223 e. The summed E-state index contributed by atoms with van der Waals surface area (Å²) in [6, 6.07) is 8.52. The van der Waals surface area contributed by atoms with E-state index in [2.05, 4.69) is 47.6 Å². The van der Waals surface area contributed by atoms with Crippen molar-refractivity contribution in [2.24, 2.45) is 5.92 Å². The number of allylic oxidation sites excluding steroid dienone is 1. The van der Waals surface area contributed by atoms with E-state index >= 15 is 0 Å². The number of anilines is 1. The molecule has 1 N–H and O–H groups in total. The molecule has 0 bridgehead atoms. The van der Waals surface area contributed by atoms with Gasteiger partial charge in [0.2, 0.25) is 5.95 Å². The highest BCUT2D eigenvalue weighted by atomic mass is 16.5. The van der Waals surface area contributed by atoms with Gasteiger partial charge in [0.25, 0.3) is 0 Å². The Morgan fingerprint density at radius 2 is 2.04 bits per heavy atom. The number of benzene rings is 1. The lowest BCUT2D eigenvalue weighted by Crippen LogP contribution is -2.23. The van der Waals surface area contributed by atoms with Crippen LogP contribution in [0.5, 0.6) is 0 Å². The van der Waals surface area contributed by atoms with Gasteiger partial charge in [0.15, 0.2) is 0 Å². The summed E-state index contributed by atoms with van der Waals surface area (Å²) in [7, 11) is 0. The third-order valence-corrected chi connectivity index (χ3v) is 4.97. The van der Waals surface area contributed by atoms with E-state index in [1.54, 1.807) is 0 Å². The minimum atomic E-state index is 0.661. The standard InChI is InChI=1S/C20H23N3O/c1-14-4-2-3-5-18(14)16-10-17-13-22-20(23-19(17)11-16)21-12-15-6-8-24-9-7-15/h2-5,11,13,15H,6-10,12H2,1H3,(H,21,22,23). The highest BCUT2D eigenvalue weighted by Gasteiger charge is 2.18. The molecule has 0 saturated carbocycles. The summed E-state index contributed by atoms with van der Waals surface area (Å²) < 4.78 is 5.41. The highest BCUT2D eigenvalue weighted by Crippen LogP contribution is 2.32. The SMILES string of the molecule is Cc1ccccc1C1=Cc2nc(NCC3CCOCC3)ncc2C1. The third-order valence-electron chi connectivity index (χ3n) is 4.97. The second-order valence-corrected chi connectivity index (χ2v) is 6.70. The zero-order valence-electron chi connectivity index (χ0n) is 14.1. The van der Waals surface area contributed by atoms with Crippen LogP contribution in [0.1, 0.15) is 35.2 Å². The first-order chi connectivity index (χ1) is 11.8. The summed E-state index contributed by atoms with van der Waals surface area (Å²) in [5, 5.41) is 3.40. The lowest BCUT2D eigenvalue weighted by Gasteiger charge is -2.22. The fraction of sp³-hybridized carbons (Fsp3) is 0.400. The average molecular weight is 321 g/mol. The quantitative estimate of drug-likeness (QED) is 0.932. The molecule has 1 aliphatic heterocycles. The van der Waals surface area contributed by atoms with Crippen LogP contribution in [0.4, 0.5) is 5.95 Å². The minimum Gasteiger partial charge on any atom is -0.381 e. The van der Waals surface area contributed by atoms with Gasteiger partial charge in [-0.1, -0.05) is 24.3 Å². The fourth-order valence-corrected chi connectivity index (χ4v) is 3.48. The van der Waals surface area contributed by atoms with Gasteiger partial charge in [-0.15, -0.1) is 0 Å². The van der Waals surface area contributed by atoms with Crippen LogP contribution in [-0.2, 0) is 11.2 Å². The topological polar surface area (TPSA) is 47.0 Å². The summed E-state index contributed by atoms with van der Waals surface area (Å²) >= 11 is 0. The van der Waals surface area contributed by atoms with E-state index in [0.717, 1.165) is 50.7 Å². The van der Waals surface area contributed by atoms with Crippen LogP contribution < -0.4 is 5.32 Å². The van der Waals surface area contributed by atoms with Crippen molar-refractivity contribution in [3.05, 3.63) is 52.8 Å². The van der Waals surface area contributed by atoms with E-state index in [9.17, 15) is 0 Å². The first kappa shape index (κ1) is 15.3. The van der Waals surface area contributed by atoms with Crippen molar-refractivity contribution < 1.29 is 4.74 Å². The molecule has 0 atom stereocenters. The van der Waals surface area contributed by atoms with Crippen LogP contribution in [0, 0.1) is 12.8 Å². The van der Waals surface area contributed by atoms with Gasteiger partial charge in [-0.2, -0.15) is 0 Å². The number of aryl methyl sites for hydroxylation is 1. The predicted molar refractivity (Wildman–Crippen MR) is 96.8 cm³/mol. The first-order valence-corrected chi connectivity index (χ1v) is 8.74. The molecule has 0 radical (unpaired) electrons. The Hall–Kier alpha value is -2.20. The molecule has 4 rings (SSSR count). The number of hydrogen-bond acceptors (Lipinski definition) is 4. The van der Waals surface area contributed by atoms with Crippen LogP contribution >= 0.6 is 0 Å².